The Labute approximate surface area is 120 Å². The Kier molecular flexibility index (Phi) is 5.56. The zero-order chi connectivity index (χ0) is 14.4. The summed E-state index contributed by atoms with van der Waals surface area (Å²) in [5, 5.41) is 12.5. The maximum Gasteiger partial charge on any atom is 0.307 e. The normalized spacial score (nSPS) is 19.2. The van der Waals surface area contributed by atoms with E-state index < -0.39 is 5.97 Å². The molecule has 1 unspecified atom stereocenters. The number of aliphatic carboxylic acids is 1. The van der Waals surface area contributed by atoms with Crippen LogP contribution in [-0.4, -0.2) is 41.7 Å². The van der Waals surface area contributed by atoms with E-state index >= 15 is 0 Å². The molecule has 4 heteroatoms. The van der Waals surface area contributed by atoms with Gasteiger partial charge in [0.05, 0.1) is 6.42 Å². The topological polar surface area (TPSA) is 52.6 Å². The predicted molar refractivity (Wildman–Crippen MR) is 79.8 cm³/mol. The van der Waals surface area contributed by atoms with Gasteiger partial charge in [-0.3, -0.25) is 9.69 Å². The Bertz CT molecular complexity index is 442. The van der Waals surface area contributed by atoms with Crippen LogP contribution in [0, 0.1) is 0 Å². The Hall–Kier alpha value is -1.39. The standard InChI is InChI=1S/C16H24N2O2/c1-2-18(15-8-5-9-17-11-15)12-14-7-4-3-6-13(14)10-16(19)20/h3-4,6-7,15,17H,2,5,8-12H2,1H3,(H,19,20). The van der Waals surface area contributed by atoms with Crippen LogP contribution in [0.5, 0.6) is 0 Å². The Balaban J connectivity index is 2.08. The lowest BCUT2D eigenvalue weighted by molar-refractivity contribution is -0.136. The Morgan fingerprint density at radius 2 is 2.15 bits per heavy atom. The van der Waals surface area contributed by atoms with Gasteiger partial charge < -0.3 is 10.4 Å². The molecule has 1 aromatic rings. The van der Waals surface area contributed by atoms with Gasteiger partial charge in [0.25, 0.3) is 0 Å². The maximum absolute atomic E-state index is 11.0. The molecule has 0 spiro atoms. The van der Waals surface area contributed by atoms with Crippen LogP contribution in [-0.2, 0) is 17.8 Å². The zero-order valence-corrected chi connectivity index (χ0v) is 12.1. The molecule has 1 saturated heterocycles. The van der Waals surface area contributed by atoms with E-state index in [1.165, 1.54) is 12.8 Å². The molecule has 110 valence electrons. The molecule has 0 aromatic heterocycles. The van der Waals surface area contributed by atoms with Crippen molar-refractivity contribution in [2.75, 3.05) is 19.6 Å². The molecule has 2 rings (SSSR count). The number of carbonyl (C=O) groups is 1. The minimum Gasteiger partial charge on any atom is -0.481 e. The number of hydrogen-bond acceptors (Lipinski definition) is 3. The highest BCUT2D eigenvalue weighted by Crippen LogP contribution is 2.17. The molecule has 1 heterocycles. The monoisotopic (exact) mass is 276 g/mol. The molecule has 1 fully saturated rings. The number of nitrogens with zero attached hydrogens (tertiary/aromatic N) is 1. The molecule has 20 heavy (non-hydrogen) atoms. The van der Waals surface area contributed by atoms with Crippen molar-refractivity contribution < 1.29 is 9.90 Å². The van der Waals surface area contributed by atoms with E-state index in [2.05, 4.69) is 23.2 Å². The number of benzene rings is 1. The fourth-order valence-corrected chi connectivity index (χ4v) is 2.91. The zero-order valence-electron chi connectivity index (χ0n) is 12.1. The molecule has 1 aromatic carbocycles. The molecule has 0 aliphatic carbocycles. The predicted octanol–water partition coefficient (Wildman–Crippen LogP) is 1.89. The van der Waals surface area contributed by atoms with Gasteiger partial charge in [-0.1, -0.05) is 31.2 Å². The van der Waals surface area contributed by atoms with Gasteiger partial charge >= 0.3 is 5.97 Å². The van der Waals surface area contributed by atoms with Crippen LogP contribution >= 0.6 is 0 Å². The van der Waals surface area contributed by atoms with E-state index in [1.807, 2.05) is 18.2 Å². The molecule has 2 N–H and O–H groups in total. The van der Waals surface area contributed by atoms with Crippen molar-refractivity contribution in [2.24, 2.45) is 0 Å². The van der Waals surface area contributed by atoms with E-state index in [4.69, 9.17) is 5.11 Å². The van der Waals surface area contributed by atoms with Crippen LogP contribution in [0.25, 0.3) is 0 Å². The van der Waals surface area contributed by atoms with Gasteiger partial charge in [-0.25, -0.2) is 0 Å². The molecule has 0 amide bonds. The number of piperidine rings is 1. The van der Waals surface area contributed by atoms with Crippen molar-refractivity contribution in [1.82, 2.24) is 10.2 Å². The van der Waals surface area contributed by atoms with Crippen molar-refractivity contribution in [3.05, 3.63) is 35.4 Å². The van der Waals surface area contributed by atoms with Crippen LogP contribution < -0.4 is 5.32 Å². The van der Waals surface area contributed by atoms with Gasteiger partial charge in [0.2, 0.25) is 0 Å². The van der Waals surface area contributed by atoms with Gasteiger partial charge in [0.15, 0.2) is 0 Å². The van der Waals surface area contributed by atoms with Gasteiger partial charge in [0.1, 0.15) is 0 Å². The second-order valence-electron chi connectivity index (χ2n) is 5.40. The van der Waals surface area contributed by atoms with E-state index in [0.717, 1.165) is 37.3 Å². The molecule has 1 aliphatic heterocycles. The summed E-state index contributed by atoms with van der Waals surface area (Å²) in [7, 11) is 0. The highest BCUT2D eigenvalue weighted by atomic mass is 16.4. The lowest BCUT2D eigenvalue weighted by Gasteiger charge is -2.34. The van der Waals surface area contributed by atoms with Crippen molar-refractivity contribution >= 4 is 5.97 Å². The first kappa shape index (κ1) is 15.0. The Morgan fingerprint density at radius 3 is 2.75 bits per heavy atom. The first-order chi connectivity index (χ1) is 9.70. The number of hydrogen-bond donors (Lipinski definition) is 2. The second-order valence-corrected chi connectivity index (χ2v) is 5.40. The molecule has 1 aliphatic rings. The minimum atomic E-state index is -0.764. The molecule has 0 radical (unpaired) electrons. The van der Waals surface area contributed by atoms with Gasteiger partial charge in [-0.2, -0.15) is 0 Å². The molecular weight excluding hydrogens is 252 g/mol. The molecule has 4 nitrogen and oxygen atoms in total. The van der Waals surface area contributed by atoms with Crippen LogP contribution in [0.3, 0.4) is 0 Å². The minimum absolute atomic E-state index is 0.108. The smallest absolute Gasteiger partial charge is 0.307 e. The Morgan fingerprint density at radius 1 is 1.40 bits per heavy atom. The van der Waals surface area contributed by atoms with Crippen LogP contribution in [0.4, 0.5) is 0 Å². The largest absolute Gasteiger partial charge is 0.481 e. The fourth-order valence-electron chi connectivity index (χ4n) is 2.91. The summed E-state index contributed by atoms with van der Waals surface area (Å²) < 4.78 is 0. The highest BCUT2D eigenvalue weighted by Gasteiger charge is 2.20. The SMILES string of the molecule is CCN(Cc1ccccc1CC(=O)O)C1CCCNC1. The van der Waals surface area contributed by atoms with E-state index in [-0.39, 0.29) is 6.42 Å². The quantitative estimate of drug-likeness (QED) is 0.833. The summed E-state index contributed by atoms with van der Waals surface area (Å²) in [5.41, 5.74) is 2.07. The highest BCUT2D eigenvalue weighted by molar-refractivity contribution is 5.70. The van der Waals surface area contributed by atoms with Gasteiger partial charge in [0, 0.05) is 19.1 Å². The van der Waals surface area contributed by atoms with Crippen LogP contribution in [0.2, 0.25) is 0 Å². The van der Waals surface area contributed by atoms with Gasteiger partial charge in [-0.15, -0.1) is 0 Å². The van der Waals surface area contributed by atoms with Crippen molar-refractivity contribution in [2.45, 2.75) is 38.8 Å². The van der Waals surface area contributed by atoms with E-state index in [0.29, 0.717) is 6.04 Å². The number of carboxylic acid groups (broad SMARTS) is 1. The second kappa shape index (κ2) is 7.41. The first-order valence-electron chi connectivity index (χ1n) is 7.44. The van der Waals surface area contributed by atoms with Crippen molar-refractivity contribution in [1.29, 1.82) is 0 Å². The maximum atomic E-state index is 11.0. The summed E-state index contributed by atoms with van der Waals surface area (Å²) in [5.74, 6) is -0.764. The van der Waals surface area contributed by atoms with E-state index in [9.17, 15) is 4.79 Å². The number of likely N-dealkylation sites (N-methyl/N-ethyl adjacent to an activating group) is 1. The third kappa shape index (κ3) is 4.05. The van der Waals surface area contributed by atoms with Crippen molar-refractivity contribution in [3.8, 4) is 0 Å². The third-order valence-electron chi connectivity index (χ3n) is 4.03. The summed E-state index contributed by atoms with van der Waals surface area (Å²) in [4.78, 5) is 13.4. The average molecular weight is 276 g/mol. The number of rotatable bonds is 6. The summed E-state index contributed by atoms with van der Waals surface area (Å²) in [6.07, 6.45) is 2.55. The lowest BCUT2D eigenvalue weighted by Crippen LogP contribution is -2.45. The number of carboxylic acids is 1. The lowest BCUT2D eigenvalue weighted by atomic mass is 10.0. The summed E-state index contributed by atoms with van der Waals surface area (Å²) in [6.45, 7) is 6.16. The summed E-state index contributed by atoms with van der Waals surface area (Å²) >= 11 is 0. The molecule has 1 atom stereocenters. The third-order valence-corrected chi connectivity index (χ3v) is 4.03. The van der Waals surface area contributed by atoms with Crippen LogP contribution in [0.15, 0.2) is 24.3 Å². The van der Waals surface area contributed by atoms with Gasteiger partial charge in [-0.05, 0) is 37.1 Å². The van der Waals surface area contributed by atoms with Crippen molar-refractivity contribution in [3.63, 3.8) is 0 Å². The fraction of sp³-hybridized carbons (Fsp3) is 0.562. The summed E-state index contributed by atoms with van der Waals surface area (Å²) in [6, 6.07) is 8.45. The number of nitrogens with one attached hydrogen (secondary N) is 1. The first-order valence-corrected chi connectivity index (χ1v) is 7.44. The molecule has 0 bridgehead atoms. The van der Waals surface area contributed by atoms with E-state index in [1.54, 1.807) is 0 Å². The van der Waals surface area contributed by atoms with Crippen LogP contribution in [0.1, 0.15) is 30.9 Å². The average Bonchev–Trinajstić information content (AvgIpc) is 2.46. The molecule has 0 saturated carbocycles. The molecular formula is C16H24N2O2.